The number of nitrogens with one attached hydrogen (secondary N) is 3. The largest absolute Gasteiger partial charge is 0.444 e. The lowest BCUT2D eigenvalue weighted by atomic mass is 9.77. The lowest BCUT2D eigenvalue weighted by molar-refractivity contribution is -0.131. The smallest absolute Gasteiger partial charge is 0.410 e. The fraction of sp³-hybridized carbons (Fsp3) is 0.418. The van der Waals surface area contributed by atoms with E-state index in [4.69, 9.17) is 32.4 Å². The van der Waals surface area contributed by atoms with Gasteiger partial charge in [-0.2, -0.15) is 4.98 Å². The number of nitrogens with two attached hydrogens (primary N) is 1. The van der Waals surface area contributed by atoms with Gasteiger partial charge in [-0.1, -0.05) is 121 Å². The van der Waals surface area contributed by atoms with Crippen LogP contribution in [0.1, 0.15) is 126 Å². The SMILES string of the molecule is C[C@H](NC(=O)[C@@H]1CCC[C@H](c2ccccc2)C1)C(=O)CCc1ccc(-c2nc(=S)o[nH]2)cc1.C[C@H](NC(=O)[C@H]1C[C@@H](c2ccccc2)CCN1C(=O)OC(C)(C)C)C(=O)CCc1ccc(/C(N)=N/O)cc1. The minimum absolute atomic E-state index is 0.00538. The number of ketones is 2. The molecule has 376 valence electrons. The number of hydrogen-bond donors (Lipinski definition) is 5. The number of likely N-dealkylation sites (tertiary alicyclic amines) is 1. The number of amides is 3. The van der Waals surface area contributed by atoms with Crippen LogP contribution in [0.4, 0.5) is 4.79 Å². The second kappa shape index (κ2) is 25.3. The number of aryl methyl sites for hydroxylation is 2. The van der Waals surface area contributed by atoms with E-state index >= 15 is 0 Å². The summed E-state index contributed by atoms with van der Waals surface area (Å²) in [5.41, 5.74) is 10.7. The number of piperidine rings is 1. The molecule has 0 radical (unpaired) electrons. The van der Waals surface area contributed by atoms with Crippen LogP contribution in [0.5, 0.6) is 0 Å². The van der Waals surface area contributed by atoms with Crippen molar-refractivity contribution >= 4 is 47.5 Å². The van der Waals surface area contributed by atoms with Gasteiger partial charge in [-0.15, -0.1) is 0 Å². The van der Waals surface area contributed by atoms with Crippen molar-refractivity contribution in [1.29, 1.82) is 0 Å². The molecule has 7 rings (SSSR count). The molecule has 1 aliphatic heterocycles. The summed E-state index contributed by atoms with van der Waals surface area (Å²) in [5, 5.41) is 20.2. The Labute approximate surface area is 421 Å². The van der Waals surface area contributed by atoms with E-state index in [0.717, 1.165) is 54.4 Å². The maximum absolute atomic E-state index is 13.4. The summed E-state index contributed by atoms with van der Waals surface area (Å²) >= 11 is 4.88. The van der Waals surface area contributed by atoms with Gasteiger partial charge in [0.15, 0.2) is 23.2 Å². The van der Waals surface area contributed by atoms with Crippen LogP contribution < -0.4 is 16.4 Å². The van der Waals surface area contributed by atoms with E-state index in [1.54, 1.807) is 46.8 Å². The van der Waals surface area contributed by atoms with Crippen molar-refractivity contribution in [2.45, 2.75) is 134 Å². The van der Waals surface area contributed by atoms with Crippen LogP contribution in [-0.4, -0.2) is 85.8 Å². The van der Waals surface area contributed by atoms with Crippen LogP contribution >= 0.6 is 12.2 Å². The van der Waals surface area contributed by atoms with Crippen LogP contribution in [-0.2, 0) is 36.8 Å². The van der Waals surface area contributed by atoms with E-state index in [1.165, 1.54) is 10.5 Å². The molecule has 1 saturated carbocycles. The fourth-order valence-electron chi connectivity index (χ4n) is 9.09. The molecule has 0 spiro atoms. The first kappa shape index (κ1) is 53.4. The number of ether oxygens (including phenoxy) is 1. The van der Waals surface area contributed by atoms with Gasteiger partial charge >= 0.3 is 10.9 Å². The zero-order valence-electron chi connectivity index (χ0n) is 41.3. The first-order chi connectivity index (χ1) is 34.0. The normalized spacial score (nSPS) is 19.0. The van der Waals surface area contributed by atoms with Gasteiger partial charge in [0.1, 0.15) is 11.6 Å². The molecule has 6 N–H and O–H groups in total. The van der Waals surface area contributed by atoms with Gasteiger partial charge < -0.3 is 30.8 Å². The number of oxime groups is 1. The number of H-pyrrole nitrogens is 1. The molecule has 3 amide bonds. The van der Waals surface area contributed by atoms with E-state index in [2.05, 4.69) is 50.2 Å². The highest BCUT2D eigenvalue weighted by Gasteiger charge is 2.39. The Morgan fingerprint density at radius 1 is 0.789 bits per heavy atom. The van der Waals surface area contributed by atoms with Gasteiger partial charge in [-0.3, -0.25) is 24.1 Å². The minimum atomic E-state index is -0.745. The highest BCUT2D eigenvalue weighted by molar-refractivity contribution is 7.71. The average molecular weight is 986 g/mol. The molecule has 2 fully saturated rings. The Balaban J connectivity index is 0.000000234. The Morgan fingerprint density at radius 3 is 1.85 bits per heavy atom. The average Bonchev–Trinajstić information content (AvgIpc) is 3.83. The monoisotopic (exact) mass is 985 g/mol. The number of carbonyl (C=O) groups excluding carboxylic acids is 5. The molecule has 1 aliphatic carbocycles. The molecule has 15 nitrogen and oxygen atoms in total. The number of rotatable bonds is 16. The second-order valence-corrected chi connectivity index (χ2v) is 19.8. The predicted molar refractivity (Wildman–Crippen MR) is 274 cm³/mol. The molecule has 5 aromatic rings. The molecular weight excluding hydrogens is 919 g/mol. The van der Waals surface area contributed by atoms with Gasteiger partial charge in [-0.05, 0) is 126 Å². The first-order valence-corrected chi connectivity index (χ1v) is 24.9. The number of amidine groups is 1. The van der Waals surface area contributed by atoms with Crippen LogP contribution in [0, 0.1) is 10.8 Å². The number of hydrogen-bond acceptors (Lipinski definition) is 11. The maximum atomic E-state index is 13.4. The summed E-state index contributed by atoms with van der Waals surface area (Å²) in [6.07, 6.45) is 6.24. The summed E-state index contributed by atoms with van der Waals surface area (Å²) in [6.45, 7) is 9.21. The maximum Gasteiger partial charge on any atom is 0.410 e. The molecule has 0 unspecified atom stereocenters. The molecule has 1 aromatic heterocycles. The van der Waals surface area contributed by atoms with Crippen molar-refractivity contribution in [3.8, 4) is 11.4 Å². The van der Waals surface area contributed by atoms with E-state index in [9.17, 15) is 24.0 Å². The van der Waals surface area contributed by atoms with Crippen molar-refractivity contribution < 1.29 is 38.4 Å². The molecule has 6 atom stereocenters. The van der Waals surface area contributed by atoms with Crippen LogP contribution in [0.25, 0.3) is 11.4 Å². The number of aromatic amines is 1. The highest BCUT2D eigenvalue weighted by Crippen LogP contribution is 2.36. The number of nitrogens with zero attached hydrogens (tertiary/aromatic N) is 3. The van der Waals surface area contributed by atoms with Crippen molar-refractivity contribution in [2.75, 3.05) is 6.54 Å². The van der Waals surface area contributed by atoms with E-state index in [0.29, 0.717) is 49.5 Å². The summed E-state index contributed by atoms with van der Waals surface area (Å²) in [6, 6.07) is 33.2. The van der Waals surface area contributed by atoms with Crippen molar-refractivity contribution in [3.05, 3.63) is 142 Å². The quantitative estimate of drug-likeness (QED) is 0.0206. The lowest BCUT2D eigenvalue weighted by Gasteiger charge is -2.39. The Hall–Kier alpha value is -6.94. The van der Waals surface area contributed by atoms with Gasteiger partial charge in [0, 0.05) is 36.4 Å². The highest BCUT2D eigenvalue weighted by atomic mass is 32.1. The zero-order valence-corrected chi connectivity index (χ0v) is 42.1. The number of carbonyl (C=O) groups is 5. The molecule has 16 heteroatoms. The van der Waals surface area contributed by atoms with Crippen molar-refractivity contribution in [1.82, 2.24) is 25.7 Å². The van der Waals surface area contributed by atoms with E-state index in [1.807, 2.05) is 72.8 Å². The third-order valence-electron chi connectivity index (χ3n) is 13.1. The van der Waals surface area contributed by atoms with Gasteiger partial charge in [0.2, 0.25) is 11.8 Å². The fourth-order valence-corrected chi connectivity index (χ4v) is 9.22. The number of benzene rings is 4. The topological polar surface area (TPSA) is 222 Å². The molecular formula is C55H67N7O8S. The van der Waals surface area contributed by atoms with Crippen molar-refractivity contribution in [3.63, 3.8) is 0 Å². The molecule has 2 aliphatic rings. The Morgan fingerprint density at radius 2 is 1.32 bits per heavy atom. The Kier molecular flexibility index (Phi) is 19.0. The minimum Gasteiger partial charge on any atom is -0.444 e. The molecule has 1 saturated heterocycles. The predicted octanol–water partition coefficient (Wildman–Crippen LogP) is 9.35. The number of Topliss-reactive ketones (excluding diaryl/α,β-unsaturated/α-hetero) is 2. The van der Waals surface area contributed by atoms with Crippen LogP contribution in [0.3, 0.4) is 0 Å². The standard InChI is InChI=1S/C29H38N4O5.C26H29N3O3S/c1-19(25(34)15-12-20-10-13-22(14-11-20)26(30)32-37)31-27(35)24-18-23(21-8-6-5-7-9-21)16-17-33(24)28(36)38-29(2,3)4;1-17(27-25(31)22-9-5-8-21(16-22)19-6-3-2-4-7-19)23(30)15-12-18-10-13-20(14-11-18)24-28-26(33)32-29-24/h5-11,13-14,19,23-24,37H,12,15-18H2,1-4H3,(H2,30,32)(H,31,35);2-4,6-7,10-11,13-14,17,21-22H,5,8-9,12,15-16H2,1H3,(H,27,31)(H,28,29,33)/t19-,23-,24+;17-,21-,22+/m00/s1. The zero-order chi connectivity index (χ0) is 51.1. The second-order valence-electron chi connectivity index (χ2n) is 19.5. The van der Waals surface area contributed by atoms with E-state index < -0.39 is 29.8 Å². The number of aromatic nitrogens is 2. The van der Waals surface area contributed by atoms with Crippen molar-refractivity contribution in [2.24, 2.45) is 16.8 Å². The van der Waals surface area contributed by atoms with Crippen LogP contribution in [0.15, 0.2) is 119 Å². The molecule has 71 heavy (non-hydrogen) atoms. The summed E-state index contributed by atoms with van der Waals surface area (Å²) < 4.78 is 10.5. The lowest BCUT2D eigenvalue weighted by Crippen LogP contribution is -2.56. The van der Waals surface area contributed by atoms with Gasteiger partial charge in [0.05, 0.1) is 12.1 Å². The molecule has 4 aromatic carbocycles. The van der Waals surface area contributed by atoms with Gasteiger partial charge in [-0.25, -0.2) is 9.95 Å². The summed E-state index contributed by atoms with van der Waals surface area (Å²) in [5.74, 6) is 0.669. The third-order valence-corrected chi connectivity index (χ3v) is 13.3. The van der Waals surface area contributed by atoms with Gasteiger partial charge in [0.25, 0.3) is 0 Å². The molecule has 2 heterocycles. The third kappa shape index (κ3) is 15.8. The summed E-state index contributed by atoms with van der Waals surface area (Å²) in [4.78, 5) is 70.5. The van der Waals surface area contributed by atoms with Crippen LogP contribution in [0.2, 0.25) is 0 Å². The molecule has 0 bridgehead atoms. The summed E-state index contributed by atoms with van der Waals surface area (Å²) in [7, 11) is 0. The Bertz CT molecular complexity index is 2650. The van der Waals surface area contributed by atoms with E-state index in [-0.39, 0.29) is 52.3 Å². The first-order valence-electron chi connectivity index (χ1n) is 24.4.